The summed E-state index contributed by atoms with van der Waals surface area (Å²) in [5.74, 6) is -0.733. The summed E-state index contributed by atoms with van der Waals surface area (Å²) in [5.41, 5.74) is 2.39. The molecule has 4 nitrogen and oxygen atoms in total. The molecule has 1 aromatic carbocycles. The zero-order chi connectivity index (χ0) is 14.3. The fourth-order valence-corrected chi connectivity index (χ4v) is 2.98. The summed E-state index contributed by atoms with van der Waals surface area (Å²) in [7, 11) is 1.93. The molecule has 1 aromatic heterocycles. The third-order valence-corrected chi connectivity index (χ3v) is 4.21. The van der Waals surface area contributed by atoms with Crippen LogP contribution >= 0.6 is 0 Å². The van der Waals surface area contributed by atoms with E-state index in [4.69, 9.17) is 0 Å². The molecule has 1 aliphatic rings. The molecule has 104 valence electrons. The van der Waals surface area contributed by atoms with Crippen LogP contribution in [0.15, 0.2) is 24.3 Å². The number of ketones is 1. The molecule has 1 saturated heterocycles. The van der Waals surface area contributed by atoms with Crippen molar-refractivity contribution in [1.29, 1.82) is 0 Å². The van der Waals surface area contributed by atoms with E-state index in [9.17, 15) is 9.59 Å². The van der Waals surface area contributed by atoms with Crippen molar-refractivity contribution >= 4 is 22.6 Å². The van der Waals surface area contributed by atoms with Crippen LogP contribution in [0, 0.1) is 6.92 Å². The molecule has 2 heterocycles. The monoisotopic (exact) mass is 270 g/mol. The van der Waals surface area contributed by atoms with Gasteiger partial charge < -0.3 is 9.47 Å². The normalized spacial score (nSPS) is 15.0. The Hall–Kier alpha value is -2.10. The van der Waals surface area contributed by atoms with Gasteiger partial charge in [0.15, 0.2) is 0 Å². The first kappa shape index (κ1) is 12.9. The highest BCUT2D eigenvalue weighted by atomic mass is 16.2. The number of fused-ring (bicyclic) bond motifs is 1. The van der Waals surface area contributed by atoms with E-state index in [0.717, 1.165) is 29.4 Å². The standard InChI is InChI=1S/C16H18N2O2/c1-11-14(12-7-3-4-8-13(12)17(11)2)15(19)16(20)18-9-5-6-10-18/h3-4,7-8H,5-6,9-10H2,1-2H3. The maximum absolute atomic E-state index is 12.6. The fraction of sp³-hybridized carbons (Fsp3) is 0.375. The van der Waals surface area contributed by atoms with Crippen LogP contribution in [0.25, 0.3) is 10.9 Å². The molecule has 0 aliphatic carbocycles. The Morgan fingerprint density at radius 2 is 1.75 bits per heavy atom. The SMILES string of the molecule is Cc1c(C(=O)C(=O)N2CCCC2)c2ccccc2n1C. The van der Waals surface area contributed by atoms with Crippen LogP contribution in [0.3, 0.4) is 0 Å². The van der Waals surface area contributed by atoms with E-state index < -0.39 is 0 Å². The minimum absolute atomic E-state index is 0.359. The van der Waals surface area contributed by atoms with Gasteiger partial charge in [-0.3, -0.25) is 9.59 Å². The van der Waals surface area contributed by atoms with Crippen LogP contribution in [0.4, 0.5) is 0 Å². The van der Waals surface area contributed by atoms with Gasteiger partial charge in [-0.2, -0.15) is 0 Å². The molecule has 0 spiro atoms. The molecule has 4 heteroatoms. The van der Waals surface area contributed by atoms with Gasteiger partial charge in [-0.05, 0) is 25.8 Å². The number of nitrogens with zero attached hydrogens (tertiary/aromatic N) is 2. The summed E-state index contributed by atoms with van der Waals surface area (Å²) in [6, 6.07) is 7.73. The van der Waals surface area contributed by atoms with Gasteiger partial charge in [0.25, 0.3) is 11.7 Å². The van der Waals surface area contributed by atoms with Crippen molar-refractivity contribution in [2.75, 3.05) is 13.1 Å². The van der Waals surface area contributed by atoms with Gasteiger partial charge in [-0.25, -0.2) is 0 Å². The quantitative estimate of drug-likeness (QED) is 0.620. The first-order valence-electron chi connectivity index (χ1n) is 6.99. The average Bonchev–Trinajstić information content (AvgIpc) is 3.07. The number of aromatic nitrogens is 1. The molecule has 20 heavy (non-hydrogen) atoms. The van der Waals surface area contributed by atoms with Crippen molar-refractivity contribution in [1.82, 2.24) is 9.47 Å². The van der Waals surface area contributed by atoms with E-state index in [2.05, 4.69) is 0 Å². The second-order valence-corrected chi connectivity index (χ2v) is 5.37. The lowest BCUT2D eigenvalue weighted by atomic mass is 10.1. The zero-order valence-corrected chi connectivity index (χ0v) is 11.8. The average molecular weight is 270 g/mol. The molecular weight excluding hydrogens is 252 g/mol. The molecule has 1 amide bonds. The maximum Gasteiger partial charge on any atom is 0.295 e. The Morgan fingerprint density at radius 3 is 2.45 bits per heavy atom. The van der Waals surface area contributed by atoms with Crippen LogP contribution in [0.1, 0.15) is 28.9 Å². The number of benzene rings is 1. The van der Waals surface area contributed by atoms with Crippen molar-refractivity contribution < 1.29 is 9.59 Å². The van der Waals surface area contributed by atoms with Gasteiger partial charge in [-0.1, -0.05) is 18.2 Å². The van der Waals surface area contributed by atoms with Crippen molar-refractivity contribution in [3.8, 4) is 0 Å². The summed E-state index contributed by atoms with van der Waals surface area (Å²) < 4.78 is 1.97. The van der Waals surface area contributed by atoms with E-state index >= 15 is 0 Å². The molecule has 1 fully saturated rings. The number of amides is 1. The number of hydrogen-bond acceptors (Lipinski definition) is 2. The number of likely N-dealkylation sites (tertiary alicyclic amines) is 1. The predicted octanol–water partition coefficient (Wildman–Crippen LogP) is 2.29. The number of carbonyl (C=O) groups is 2. The maximum atomic E-state index is 12.6. The lowest BCUT2D eigenvalue weighted by Crippen LogP contribution is -2.34. The van der Waals surface area contributed by atoms with Crippen LogP contribution in [-0.4, -0.2) is 34.2 Å². The number of rotatable bonds is 2. The summed E-state index contributed by atoms with van der Waals surface area (Å²) >= 11 is 0. The topological polar surface area (TPSA) is 42.3 Å². The first-order chi connectivity index (χ1) is 9.61. The third-order valence-electron chi connectivity index (χ3n) is 4.21. The molecule has 0 atom stereocenters. The number of aryl methyl sites for hydroxylation is 1. The van der Waals surface area contributed by atoms with Gasteiger partial charge in [0.2, 0.25) is 0 Å². The summed E-state index contributed by atoms with van der Waals surface area (Å²) in [4.78, 5) is 26.6. The van der Waals surface area contributed by atoms with Gasteiger partial charge in [0, 0.05) is 36.7 Å². The van der Waals surface area contributed by atoms with E-state index in [0.29, 0.717) is 18.7 Å². The molecule has 0 bridgehead atoms. The Labute approximate surface area is 118 Å². The van der Waals surface area contributed by atoms with E-state index in [-0.39, 0.29) is 11.7 Å². The van der Waals surface area contributed by atoms with Gasteiger partial charge in [0.1, 0.15) is 0 Å². The second kappa shape index (κ2) is 4.78. The zero-order valence-electron chi connectivity index (χ0n) is 11.8. The van der Waals surface area contributed by atoms with E-state index in [1.165, 1.54) is 0 Å². The largest absolute Gasteiger partial charge is 0.347 e. The minimum atomic E-state index is -0.374. The molecule has 2 aromatic rings. The van der Waals surface area contributed by atoms with Crippen molar-refractivity contribution in [3.05, 3.63) is 35.5 Å². The third kappa shape index (κ3) is 1.83. The molecule has 3 rings (SSSR count). The smallest absolute Gasteiger partial charge is 0.295 e. The highest BCUT2D eigenvalue weighted by Gasteiger charge is 2.29. The molecule has 0 radical (unpaired) electrons. The Kier molecular flexibility index (Phi) is 3.08. The van der Waals surface area contributed by atoms with Crippen LogP contribution in [-0.2, 0) is 11.8 Å². The van der Waals surface area contributed by atoms with E-state index in [1.54, 1.807) is 4.90 Å². The number of Topliss-reactive ketones (excluding diaryl/α,β-unsaturated/α-hetero) is 1. The molecule has 0 N–H and O–H groups in total. The number of para-hydroxylation sites is 1. The lowest BCUT2D eigenvalue weighted by Gasteiger charge is -2.14. The van der Waals surface area contributed by atoms with Crippen molar-refractivity contribution in [2.24, 2.45) is 7.05 Å². The lowest BCUT2D eigenvalue weighted by molar-refractivity contribution is -0.125. The Morgan fingerprint density at radius 1 is 1.10 bits per heavy atom. The van der Waals surface area contributed by atoms with Crippen LogP contribution in [0.5, 0.6) is 0 Å². The summed E-state index contributed by atoms with van der Waals surface area (Å²) in [6.07, 6.45) is 1.99. The van der Waals surface area contributed by atoms with Crippen LogP contribution in [0.2, 0.25) is 0 Å². The second-order valence-electron chi connectivity index (χ2n) is 5.37. The fourth-order valence-electron chi connectivity index (χ4n) is 2.98. The van der Waals surface area contributed by atoms with Crippen molar-refractivity contribution in [2.45, 2.75) is 19.8 Å². The molecule has 1 aliphatic heterocycles. The van der Waals surface area contributed by atoms with Crippen molar-refractivity contribution in [3.63, 3.8) is 0 Å². The summed E-state index contributed by atoms with van der Waals surface area (Å²) in [5, 5.41) is 0.866. The Bertz CT molecular complexity index is 694. The Balaban J connectivity index is 2.07. The number of carbonyl (C=O) groups excluding carboxylic acids is 2. The highest BCUT2D eigenvalue weighted by molar-refractivity contribution is 6.45. The predicted molar refractivity (Wildman–Crippen MR) is 77.8 cm³/mol. The van der Waals surface area contributed by atoms with Gasteiger partial charge >= 0.3 is 0 Å². The molecule has 0 saturated carbocycles. The first-order valence-corrected chi connectivity index (χ1v) is 6.99. The van der Waals surface area contributed by atoms with Gasteiger partial charge in [-0.15, -0.1) is 0 Å². The van der Waals surface area contributed by atoms with Gasteiger partial charge in [0.05, 0.1) is 5.56 Å². The molecule has 0 unspecified atom stereocenters. The van der Waals surface area contributed by atoms with Crippen LogP contribution < -0.4 is 0 Å². The van der Waals surface area contributed by atoms with E-state index in [1.807, 2.05) is 42.8 Å². The molecular formula is C16H18N2O2. The minimum Gasteiger partial charge on any atom is -0.347 e. The summed E-state index contributed by atoms with van der Waals surface area (Å²) in [6.45, 7) is 3.30. The number of hydrogen-bond donors (Lipinski definition) is 0. The highest BCUT2D eigenvalue weighted by Crippen LogP contribution is 2.26.